The molecule has 1 fully saturated rings. The van der Waals surface area contributed by atoms with Crippen molar-refractivity contribution in [3.8, 4) is 5.75 Å². The number of ether oxygens (including phenoxy) is 3. The normalized spacial score (nSPS) is 25.5. The van der Waals surface area contributed by atoms with Crippen LogP contribution in [-0.2, 0) is 23.9 Å². The van der Waals surface area contributed by atoms with Crippen LogP contribution >= 0.6 is 0 Å². The Morgan fingerprint density at radius 2 is 1.77 bits per heavy atom. The van der Waals surface area contributed by atoms with Gasteiger partial charge in [0.2, 0.25) is 0 Å². The lowest BCUT2D eigenvalue weighted by Gasteiger charge is -2.40. The molecule has 166 valence electrons. The van der Waals surface area contributed by atoms with Gasteiger partial charge in [0.15, 0.2) is 5.78 Å². The van der Waals surface area contributed by atoms with Crippen molar-refractivity contribution in [2.75, 3.05) is 20.3 Å². The molecule has 7 heteroatoms. The van der Waals surface area contributed by atoms with Gasteiger partial charge >= 0.3 is 11.9 Å². The molecule has 0 amide bonds. The molecule has 1 aliphatic carbocycles. The molecule has 31 heavy (non-hydrogen) atoms. The first-order valence-electron chi connectivity index (χ1n) is 10.6. The molecule has 2 aliphatic rings. The van der Waals surface area contributed by atoms with Crippen LogP contribution in [0, 0.1) is 17.8 Å². The number of carbonyl (C=O) groups is 3. The highest BCUT2D eigenvalue weighted by Crippen LogP contribution is 2.47. The Balaban J connectivity index is 2.19. The summed E-state index contributed by atoms with van der Waals surface area (Å²) < 4.78 is 16.1. The number of carbonyl (C=O) groups excluding carboxylic acids is 3. The number of para-hydroxylation sites is 1. The summed E-state index contributed by atoms with van der Waals surface area (Å²) in [7, 11) is 1.55. The van der Waals surface area contributed by atoms with Crippen molar-refractivity contribution in [2.45, 2.75) is 40.0 Å². The zero-order valence-electron chi connectivity index (χ0n) is 18.6. The molecule has 1 aromatic carbocycles. The van der Waals surface area contributed by atoms with E-state index in [4.69, 9.17) is 14.2 Å². The molecule has 4 atom stereocenters. The van der Waals surface area contributed by atoms with Crippen molar-refractivity contribution in [3.63, 3.8) is 0 Å². The van der Waals surface area contributed by atoms with Crippen LogP contribution in [0.25, 0.3) is 0 Å². The number of methoxy groups -OCH3 is 1. The topological polar surface area (TPSA) is 91.3 Å². The monoisotopic (exact) mass is 427 g/mol. The van der Waals surface area contributed by atoms with Crippen molar-refractivity contribution in [1.82, 2.24) is 0 Å². The largest absolute Gasteiger partial charge is 0.496 e. The van der Waals surface area contributed by atoms with Crippen LogP contribution in [0.3, 0.4) is 0 Å². The Labute approximate surface area is 182 Å². The van der Waals surface area contributed by atoms with Crippen molar-refractivity contribution in [1.29, 1.82) is 0 Å². The van der Waals surface area contributed by atoms with E-state index >= 15 is 0 Å². The number of Topliss-reactive ketones (excluding diaryl/α,β-unsaturated/α-hetero) is 1. The van der Waals surface area contributed by atoms with E-state index in [1.54, 1.807) is 33.9 Å². The number of nitrogens with zero attached hydrogens (tertiary/aromatic N) is 1. The van der Waals surface area contributed by atoms with E-state index in [1.807, 2.05) is 25.1 Å². The standard InChI is InChI=1S/C24H29NO6/c1-6-30-23(27)18-13(3)12-16-21(22(18)26)20(15-10-8-9-11-17(15)29-5)19(14(4)25-16)24(28)31-7-2/h8-11,13,18,20-21H,6-7,12H2,1-5H3/t13-,18+,20-,21?/m1/s1. The van der Waals surface area contributed by atoms with Crippen LogP contribution < -0.4 is 4.74 Å². The maximum absolute atomic E-state index is 13.7. The third-order valence-corrected chi connectivity index (χ3v) is 5.93. The predicted octanol–water partition coefficient (Wildman–Crippen LogP) is 3.47. The van der Waals surface area contributed by atoms with E-state index < -0.39 is 29.7 Å². The second-order valence-corrected chi connectivity index (χ2v) is 7.83. The Morgan fingerprint density at radius 1 is 1.10 bits per heavy atom. The molecule has 0 N–H and O–H groups in total. The van der Waals surface area contributed by atoms with Gasteiger partial charge in [0.05, 0.1) is 31.8 Å². The van der Waals surface area contributed by atoms with Gasteiger partial charge in [-0.25, -0.2) is 4.79 Å². The van der Waals surface area contributed by atoms with Gasteiger partial charge in [-0.05, 0) is 39.2 Å². The van der Waals surface area contributed by atoms with E-state index in [0.29, 0.717) is 34.7 Å². The molecule has 1 aliphatic heterocycles. The Bertz CT molecular complexity index is 947. The van der Waals surface area contributed by atoms with Gasteiger partial charge < -0.3 is 14.2 Å². The third-order valence-electron chi connectivity index (χ3n) is 5.93. The zero-order valence-corrected chi connectivity index (χ0v) is 18.6. The lowest BCUT2D eigenvalue weighted by Crippen LogP contribution is -2.49. The quantitative estimate of drug-likeness (QED) is 0.510. The number of ketones is 1. The molecule has 0 spiro atoms. The van der Waals surface area contributed by atoms with Crippen LogP contribution in [0.15, 0.2) is 40.5 Å². The smallest absolute Gasteiger partial charge is 0.336 e. The van der Waals surface area contributed by atoms with Crippen molar-refractivity contribution in [3.05, 3.63) is 41.1 Å². The average molecular weight is 427 g/mol. The minimum absolute atomic E-state index is 0.198. The SMILES string of the molecule is CCOC(=O)C1=C(C)N=C2C[C@@H](C)[C@H](C(=O)OCC)C(=O)C2[C@@H]1c1ccccc1OC. The molecule has 1 aromatic rings. The van der Waals surface area contributed by atoms with E-state index in [0.717, 1.165) is 0 Å². The molecule has 0 aromatic heterocycles. The van der Waals surface area contributed by atoms with Gasteiger partial charge in [-0.3, -0.25) is 14.6 Å². The fourth-order valence-electron chi connectivity index (χ4n) is 4.67. The second-order valence-electron chi connectivity index (χ2n) is 7.83. The van der Waals surface area contributed by atoms with Crippen LogP contribution in [0.5, 0.6) is 5.75 Å². The summed E-state index contributed by atoms with van der Waals surface area (Å²) in [6.07, 6.45) is 0.471. The zero-order chi connectivity index (χ0) is 22.7. The van der Waals surface area contributed by atoms with Crippen molar-refractivity contribution < 1.29 is 28.6 Å². The van der Waals surface area contributed by atoms with Gasteiger partial charge in [-0.2, -0.15) is 0 Å². The number of rotatable bonds is 6. The highest BCUT2D eigenvalue weighted by atomic mass is 16.5. The Kier molecular flexibility index (Phi) is 6.93. The summed E-state index contributed by atoms with van der Waals surface area (Å²) in [5.74, 6) is -3.31. The maximum atomic E-state index is 13.7. The molecular weight excluding hydrogens is 398 g/mol. The van der Waals surface area contributed by atoms with Gasteiger partial charge in [0.1, 0.15) is 11.7 Å². The number of aliphatic imine (C=N–C) groups is 1. The highest BCUT2D eigenvalue weighted by Gasteiger charge is 2.52. The molecule has 0 saturated heterocycles. The van der Waals surface area contributed by atoms with Crippen molar-refractivity contribution in [2.24, 2.45) is 22.7 Å². The summed E-state index contributed by atoms with van der Waals surface area (Å²) in [6.45, 7) is 7.45. The summed E-state index contributed by atoms with van der Waals surface area (Å²) in [6, 6.07) is 7.29. The maximum Gasteiger partial charge on any atom is 0.336 e. The molecule has 1 saturated carbocycles. The fourth-order valence-corrected chi connectivity index (χ4v) is 4.67. The lowest BCUT2D eigenvalue weighted by molar-refractivity contribution is -0.154. The minimum atomic E-state index is -0.900. The number of fused-ring (bicyclic) bond motifs is 1. The molecule has 3 rings (SSSR count). The minimum Gasteiger partial charge on any atom is -0.496 e. The predicted molar refractivity (Wildman–Crippen MR) is 115 cm³/mol. The summed E-state index contributed by atoms with van der Waals surface area (Å²) in [5.41, 5.74) is 2.22. The first kappa shape index (κ1) is 22.7. The molecule has 0 bridgehead atoms. The van der Waals surface area contributed by atoms with Crippen LogP contribution in [0.1, 0.15) is 45.6 Å². The molecule has 0 radical (unpaired) electrons. The number of benzene rings is 1. The summed E-state index contributed by atoms with van der Waals surface area (Å²) in [4.78, 5) is 43.9. The molecule has 1 unspecified atom stereocenters. The number of esters is 2. The summed E-state index contributed by atoms with van der Waals surface area (Å²) in [5, 5.41) is 0. The third kappa shape index (κ3) is 4.13. The number of allylic oxidation sites excluding steroid dienone is 1. The fraction of sp³-hybridized carbons (Fsp3) is 0.500. The molecular formula is C24H29NO6. The second kappa shape index (κ2) is 9.45. The van der Waals surface area contributed by atoms with Crippen LogP contribution in [-0.4, -0.2) is 43.8 Å². The van der Waals surface area contributed by atoms with E-state index in [-0.39, 0.29) is 24.9 Å². The molecule has 7 nitrogen and oxygen atoms in total. The average Bonchev–Trinajstić information content (AvgIpc) is 2.73. The summed E-state index contributed by atoms with van der Waals surface area (Å²) >= 11 is 0. The first-order valence-corrected chi connectivity index (χ1v) is 10.6. The van der Waals surface area contributed by atoms with Gasteiger partial charge in [0.25, 0.3) is 0 Å². The van der Waals surface area contributed by atoms with Crippen LogP contribution in [0.4, 0.5) is 0 Å². The van der Waals surface area contributed by atoms with Crippen LogP contribution in [0.2, 0.25) is 0 Å². The lowest BCUT2D eigenvalue weighted by atomic mass is 9.63. The van der Waals surface area contributed by atoms with Gasteiger partial charge in [0, 0.05) is 22.9 Å². The Hall–Kier alpha value is -2.96. The van der Waals surface area contributed by atoms with Gasteiger partial charge in [-0.15, -0.1) is 0 Å². The van der Waals surface area contributed by atoms with E-state index in [1.165, 1.54) is 0 Å². The van der Waals surface area contributed by atoms with Gasteiger partial charge in [-0.1, -0.05) is 25.1 Å². The van der Waals surface area contributed by atoms with E-state index in [2.05, 4.69) is 4.99 Å². The highest BCUT2D eigenvalue weighted by molar-refractivity contribution is 6.17. The van der Waals surface area contributed by atoms with Crippen molar-refractivity contribution >= 4 is 23.4 Å². The number of hydrogen-bond acceptors (Lipinski definition) is 7. The van der Waals surface area contributed by atoms with E-state index in [9.17, 15) is 14.4 Å². The molecule has 1 heterocycles. The number of hydrogen-bond donors (Lipinski definition) is 0. The Morgan fingerprint density at radius 3 is 2.42 bits per heavy atom. The first-order chi connectivity index (χ1) is 14.8.